The molecule has 134 valence electrons. The van der Waals surface area contributed by atoms with Gasteiger partial charge in [0, 0.05) is 30.2 Å². The third-order valence-corrected chi connectivity index (χ3v) is 6.37. The number of benzene rings is 1. The molecular formula is C20H26N2OS2. The fourth-order valence-electron chi connectivity index (χ4n) is 3.11. The third-order valence-electron chi connectivity index (χ3n) is 4.62. The Morgan fingerprint density at radius 2 is 2.00 bits per heavy atom. The second-order valence-electron chi connectivity index (χ2n) is 6.57. The summed E-state index contributed by atoms with van der Waals surface area (Å²) in [5.74, 6) is 1.66. The fourth-order valence-corrected chi connectivity index (χ4v) is 4.65. The lowest BCUT2D eigenvalue weighted by molar-refractivity contribution is -0.120. The van der Waals surface area contributed by atoms with Crippen LogP contribution >= 0.6 is 23.1 Å². The largest absolute Gasteiger partial charge is 0.356 e. The minimum absolute atomic E-state index is 0.184. The highest BCUT2D eigenvalue weighted by Gasteiger charge is 2.19. The highest BCUT2D eigenvalue weighted by atomic mass is 32.2. The molecule has 0 atom stereocenters. The van der Waals surface area contributed by atoms with Crippen molar-refractivity contribution in [2.75, 3.05) is 25.4 Å². The Balaban J connectivity index is 1.27. The van der Waals surface area contributed by atoms with Gasteiger partial charge in [-0.15, -0.1) is 11.8 Å². The molecule has 0 aliphatic carbocycles. The van der Waals surface area contributed by atoms with Crippen molar-refractivity contribution in [3.63, 3.8) is 0 Å². The lowest BCUT2D eigenvalue weighted by Gasteiger charge is -2.31. The number of piperidine rings is 1. The summed E-state index contributed by atoms with van der Waals surface area (Å²) in [5.41, 5.74) is 1.42. The van der Waals surface area contributed by atoms with Gasteiger partial charge in [-0.25, -0.2) is 0 Å². The minimum Gasteiger partial charge on any atom is -0.356 e. The van der Waals surface area contributed by atoms with Crippen molar-refractivity contribution in [1.29, 1.82) is 0 Å². The van der Waals surface area contributed by atoms with Gasteiger partial charge in [0.1, 0.15) is 0 Å². The van der Waals surface area contributed by atoms with Crippen molar-refractivity contribution in [3.05, 3.63) is 52.7 Å². The Bertz CT molecular complexity index is 622. The van der Waals surface area contributed by atoms with Gasteiger partial charge in [0.2, 0.25) is 5.91 Å². The van der Waals surface area contributed by atoms with Crippen LogP contribution in [0.2, 0.25) is 0 Å². The third kappa shape index (κ3) is 6.49. The molecule has 0 radical (unpaired) electrons. The van der Waals surface area contributed by atoms with E-state index in [0.717, 1.165) is 31.9 Å². The average Bonchev–Trinajstić information content (AvgIpc) is 3.15. The molecule has 1 aliphatic heterocycles. The summed E-state index contributed by atoms with van der Waals surface area (Å²) in [4.78, 5) is 15.8. The maximum absolute atomic E-state index is 12.0. The Morgan fingerprint density at radius 1 is 1.20 bits per heavy atom. The summed E-state index contributed by atoms with van der Waals surface area (Å²) in [6.45, 7) is 4.18. The average molecular weight is 375 g/mol. The van der Waals surface area contributed by atoms with E-state index < -0.39 is 0 Å². The van der Waals surface area contributed by atoms with E-state index in [0.29, 0.717) is 12.3 Å². The van der Waals surface area contributed by atoms with E-state index >= 15 is 0 Å². The first kappa shape index (κ1) is 18.5. The van der Waals surface area contributed by atoms with Gasteiger partial charge in [0.05, 0.1) is 0 Å². The van der Waals surface area contributed by atoms with E-state index in [1.165, 1.54) is 23.3 Å². The zero-order valence-electron chi connectivity index (χ0n) is 14.5. The van der Waals surface area contributed by atoms with E-state index in [1.807, 2.05) is 18.2 Å². The zero-order valence-corrected chi connectivity index (χ0v) is 16.2. The van der Waals surface area contributed by atoms with E-state index in [4.69, 9.17) is 0 Å². The first-order valence-corrected chi connectivity index (χ1v) is 10.9. The number of hydrogen-bond acceptors (Lipinski definition) is 4. The number of rotatable bonds is 8. The Labute approximate surface area is 158 Å². The highest BCUT2D eigenvalue weighted by Crippen LogP contribution is 2.20. The lowest BCUT2D eigenvalue weighted by Crippen LogP contribution is -2.38. The Hall–Kier alpha value is -1.30. The van der Waals surface area contributed by atoms with Crippen molar-refractivity contribution in [2.24, 2.45) is 5.92 Å². The van der Waals surface area contributed by atoms with E-state index in [-0.39, 0.29) is 5.91 Å². The van der Waals surface area contributed by atoms with Gasteiger partial charge in [-0.1, -0.05) is 18.2 Å². The molecule has 1 aromatic heterocycles. The topological polar surface area (TPSA) is 32.3 Å². The number of carbonyl (C=O) groups excluding carboxylic acids is 1. The molecule has 1 aromatic carbocycles. The number of thioether (sulfide) groups is 1. The summed E-state index contributed by atoms with van der Waals surface area (Å²) in [5, 5.41) is 7.51. The fraction of sp³-hybridized carbons (Fsp3) is 0.450. The van der Waals surface area contributed by atoms with Crippen LogP contribution in [0.4, 0.5) is 0 Å². The maximum atomic E-state index is 12.0. The molecular weight excluding hydrogens is 348 g/mol. The second-order valence-corrected chi connectivity index (χ2v) is 8.52. The van der Waals surface area contributed by atoms with Crippen LogP contribution < -0.4 is 5.32 Å². The number of nitrogens with one attached hydrogen (secondary N) is 1. The summed E-state index contributed by atoms with van der Waals surface area (Å²) >= 11 is 3.51. The van der Waals surface area contributed by atoms with Crippen molar-refractivity contribution in [3.8, 4) is 0 Å². The molecule has 2 aromatic rings. The number of amides is 1. The van der Waals surface area contributed by atoms with Crippen molar-refractivity contribution < 1.29 is 4.79 Å². The molecule has 1 aliphatic rings. The zero-order chi connectivity index (χ0) is 17.3. The van der Waals surface area contributed by atoms with Gasteiger partial charge < -0.3 is 5.32 Å². The summed E-state index contributed by atoms with van der Waals surface area (Å²) < 4.78 is 0. The SMILES string of the molecule is O=C(CCSc1ccccc1)NCC1CCN(Cc2ccsc2)CC1. The predicted octanol–water partition coefficient (Wildman–Crippen LogP) is 4.26. The van der Waals surface area contributed by atoms with Crippen LogP contribution in [0, 0.1) is 5.92 Å². The Morgan fingerprint density at radius 3 is 2.72 bits per heavy atom. The maximum Gasteiger partial charge on any atom is 0.220 e. The molecule has 1 fully saturated rings. The van der Waals surface area contributed by atoms with Crippen molar-refractivity contribution in [1.82, 2.24) is 10.2 Å². The van der Waals surface area contributed by atoms with Crippen LogP contribution in [0.1, 0.15) is 24.8 Å². The van der Waals surface area contributed by atoms with Gasteiger partial charge in [-0.2, -0.15) is 11.3 Å². The summed E-state index contributed by atoms with van der Waals surface area (Å²) in [6.07, 6.45) is 2.96. The smallest absolute Gasteiger partial charge is 0.220 e. The molecule has 0 saturated carbocycles. The molecule has 0 spiro atoms. The normalized spacial score (nSPS) is 16.0. The number of nitrogens with zero attached hydrogens (tertiary/aromatic N) is 1. The quantitative estimate of drug-likeness (QED) is 0.701. The van der Waals surface area contributed by atoms with Crippen LogP contribution in [0.5, 0.6) is 0 Å². The number of thiophene rings is 1. The van der Waals surface area contributed by atoms with E-state index in [9.17, 15) is 4.79 Å². The van der Waals surface area contributed by atoms with Gasteiger partial charge in [-0.05, 0) is 66.4 Å². The first-order chi connectivity index (χ1) is 12.3. The first-order valence-electron chi connectivity index (χ1n) is 8.97. The molecule has 5 heteroatoms. The van der Waals surface area contributed by atoms with Crippen LogP contribution in [0.15, 0.2) is 52.1 Å². The van der Waals surface area contributed by atoms with Crippen molar-refractivity contribution in [2.45, 2.75) is 30.7 Å². The second kappa shape index (κ2) is 10.00. The molecule has 1 N–H and O–H groups in total. The van der Waals surface area contributed by atoms with E-state index in [1.54, 1.807) is 23.1 Å². The van der Waals surface area contributed by atoms with Crippen molar-refractivity contribution >= 4 is 29.0 Å². The minimum atomic E-state index is 0.184. The van der Waals surface area contributed by atoms with Crippen LogP contribution in [-0.2, 0) is 11.3 Å². The van der Waals surface area contributed by atoms with Crippen LogP contribution in [-0.4, -0.2) is 36.2 Å². The highest BCUT2D eigenvalue weighted by molar-refractivity contribution is 7.99. The van der Waals surface area contributed by atoms with Crippen LogP contribution in [0.3, 0.4) is 0 Å². The van der Waals surface area contributed by atoms with Gasteiger partial charge in [-0.3, -0.25) is 9.69 Å². The molecule has 3 rings (SSSR count). The van der Waals surface area contributed by atoms with Gasteiger partial charge in [0.15, 0.2) is 0 Å². The van der Waals surface area contributed by atoms with Gasteiger partial charge in [0.25, 0.3) is 0 Å². The number of likely N-dealkylation sites (tertiary alicyclic amines) is 1. The molecule has 2 heterocycles. The molecule has 0 unspecified atom stereocenters. The lowest BCUT2D eigenvalue weighted by atomic mass is 9.96. The van der Waals surface area contributed by atoms with Gasteiger partial charge >= 0.3 is 0 Å². The monoisotopic (exact) mass is 374 g/mol. The molecule has 1 saturated heterocycles. The summed E-state index contributed by atoms with van der Waals surface area (Å²) in [7, 11) is 0. The molecule has 25 heavy (non-hydrogen) atoms. The standard InChI is InChI=1S/C20H26N2OS2/c23-20(9-13-25-19-4-2-1-3-5-19)21-14-17-6-10-22(11-7-17)15-18-8-12-24-16-18/h1-5,8,12,16-17H,6-7,9-11,13-15H2,(H,21,23). The molecule has 1 amide bonds. The number of carbonyl (C=O) groups is 1. The predicted molar refractivity (Wildman–Crippen MR) is 107 cm³/mol. The summed E-state index contributed by atoms with van der Waals surface area (Å²) in [6, 6.07) is 12.5. The van der Waals surface area contributed by atoms with Crippen LogP contribution in [0.25, 0.3) is 0 Å². The van der Waals surface area contributed by atoms with E-state index in [2.05, 4.69) is 39.2 Å². The Kier molecular flexibility index (Phi) is 7.39. The number of hydrogen-bond donors (Lipinski definition) is 1. The molecule has 0 bridgehead atoms. The molecule has 3 nitrogen and oxygen atoms in total.